The molecule has 1 amide bonds. The van der Waals surface area contributed by atoms with Crippen LogP contribution in [-0.4, -0.2) is 25.3 Å². The lowest BCUT2D eigenvalue weighted by Gasteiger charge is -2.23. The van der Waals surface area contributed by atoms with Gasteiger partial charge in [0.05, 0.1) is 22.6 Å². The van der Waals surface area contributed by atoms with Crippen molar-refractivity contribution in [1.82, 2.24) is 0 Å². The van der Waals surface area contributed by atoms with Gasteiger partial charge in [-0.25, -0.2) is 4.79 Å². The molecule has 1 aromatic carbocycles. The van der Waals surface area contributed by atoms with Gasteiger partial charge in [-0.3, -0.25) is 5.32 Å². The van der Waals surface area contributed by atoms with E-state index in [0.29, 0.717) is 16.9 Å². The van der Waals surface area contributed by atoms with E-state index in [1.54, 1.807) is 32.9 Å². The average molecular weight is 304 g/mol. The highest BCUT2D eigenvalue weighted by atomic mass is 16.6. The van der Waals surface area contributed by atoms with E-state index < -0.39 is 11.7 Å². The maximum atomic E-state index is 11.9. The van der Waals surface area contributed by atoms with Gasteiger partial charge in [-0.15, -0.1) is 0 Å². The third kappa shape index (κ3) is 4.85. The molecule has 0 aliphatic carbocycles. The van der Waals surface area contributed by atoms with Gasteiger partial charge in [-0.1, -0.05) is 6.92 Å². The molecular weight excluding hydrogens is 280 g/mol. The predicted molar refractivity (Wildman–Crippen MR) is 89.0 cm³/mol. The topological polar surface area (TPSA) is 91.4 Å². The maximum Gasteiger partial charge on any atom is 0.412 e. The molecule has 0 atom stereocenters. The Hall–Kier alpha value is -2.42. The molecule has 0 aliphatic heterocycles. The summed E-state index contributed by atoms with van der Waals surface area (Å²) in [5.74, 6) is 0. The number of nitrogens with one attached hydrogen (secondary N) is 1. The highest BCUT2D eigenvalue weighted by molar-refractivity contribution is 5.91. The molecule has 0 unspecified atom stereocenters. The van der Waals surface area contributed by atoms with Crippen LogP contribution in [0.2, 0.25) is 0 Å². The van der Waals surface area contributed by atoms with Gasteiger partial charge in [-0.2, -0.15) is 5.26 Å². The van der Waals surface area contributed by atoms with E-state index >= 15 is 0 Å². The lowest BCUT2D eigenvalue weighted by molar-refractivity contribution is 0.0636. The number of anilines is 3. The summed E-state index contributed by atoms with van der Waals surface area (Å²) in [5, 5.41) is 11.9. The molecule has 22 heavy (non-hydrogen) atoms. The van der Waals surface area contributed by atoms with E-state index in [-0.39, 0.29) is 0 Å². The largest absolute Gasteiger partial charge is 0.444 e. The number of nitriles is 1. The van der Waals surface area contributed by atoms with Crippen molar-refractivity contribution in [3.05, 3.63) is 17.7 Å². The number of carbonyl (C=O) groups is 1. The molecule has 0 aromatic heterocycles. The number of amides is 1. The van der Waals surface area contributed by atoms with Gasteiger partial charge < -0.3 is 15.4 Å². The Balaban J connectivity index is 3.08. The first-order valence-electron chi connectivity index (χ1n) is 7.22. The van der Waals surface area contributed by atoms with Crippen LogP contribution in [0.5, 0.6) is 0 Å². The zero-order valence-electron chi connectivity index (χ0n) is 13.9. The standard InChI is InChI=1S/C16H24N4O2/c1-6-7-20(5)14-9-13(12(18)8-11(14)10-17)19-15(21)22-16(2,3)4/h8-9H,6-7,18H2,1-5H3,(H,19,21). The molecule has 0 saturated heterocycles. The fourth-order valence-corrected chi connectivity index (χ4v) is 1.99. The molecule has 120 valence electrons. The van der Waals surface area contributed by atoms with Crippen molar-refractivity contribution in [1.29, 1.82) is 5.26 Å². The summed E-state index contributed by atoms with van der Waals surface area (Å²) in [6.45, 7) is 8.21. The monoisotopic (exact) mass is 304 g/mol. The number of hydrogen-bond acceptors (Lipinski definition) is 5. The first-order chi connectivity index (χ1) is 10.2. The van der Waals surface area contributed by atoms with Crippen LogP contribution in [0.3, 0.4) is 0 Å². The minimum atomic E-state index is -0.590. The van der Waals surface area contributed by atoms with Crippen molar-refractivity contribution in [2.45, 2.75) is 39.7 Å². The Bertz CT molecular complexity index is 585. The number of nitrogens with two attached hydrogens (primary N) is 1. The normalized spacial score (nSPS) is 10.7. The minimum absolute atomic E-state index is 0.330. The smallest absolute Gasteiger partial charge is 0.412 e. The Morgan fingerprint density at radius 1 is 1.45 bits per heavy atom. The molecule has 1 rings (SSSR count). The lowest BCUT2D eigenvalue weighted by Crippen LogP contribution is -2.27. The highest BCUT2D eigenvalue weighted by Gasteiger charge is 2.18. The number of hydrogen-bond donors (Lipinski definition) is 2. The first-order valence-corrected chi connectivity index (χ1v) is 7.22. The summed E-state index contributed by atoms with van der Waals surface area (Å²) in [6, 6.07) is 5.39. The lowest BCUT2D eigenvalue weighted by atomic mass is 10.1. The molecule has 6 heteroatoms. The summed E-state index contributed by atoms with van der Waals surface area (Å²) in [7, 11) is 1.90. The average Bonchev–Trinajstić information content (AvgIpc) is 2.38. The van der Waals surface area contributed by atoms with Crippen molar-refractivity contribution >= 4 is 23.2 Å². The van der Waals surface area contributed by atoms with Crippen LogP contribution in [0.4, 0.5) is 21.9 Å². The van der Waals surface area contributed by atoms with Crippen molar-refractivity contribution in [3.63, 3.8) is 0 Å². The molecule has 0 saturated carbocycles. The SMILES string of the molecule is CCCN(C)c1cc(NC(=O)OC(C)(C)C)c(N)cc1C#N. The number of rotatable bonds is 4. The second-order valence-corrected chi connectivity index (χ2v) is 6.12. The molecule has 0 fully saturated rings. The fraction of sp³-hybridized carbons (Fsp3) is 0.500. The number of nitrogens with zero attached hydrogens (tertiary/aromatic N) is 2. The van der Waals surface area contributed by atoms with Gasteiger partial charge in [0, 0.05) is 13.6 Å². The predicted octanol–water partition coefficient (Wildman–Crippen LogP) is 3.33. The van der Waals surface area contributed by atoms with Gasteiger partial charge in [-0.05, 0) is 39.3 Å². The second kappa shape index (κ2) is 7.03. The van der Waals surface area contributed by atoms with Crippen molar-refractivity contribution < 1.29 is 9.53 Å². The van der Waals surface area contributed by atoms with Crippen molar-refractivity contribution in [3.8, 4) is 6.07 Å². The Morgan fingerprint density at radius 3 is 2.59 bits per heavy atom. The number of carbonyl (C=O) groups excluding carboxylic acids is 1. The quantitative estimate of drug-likeness (QED) is 0.832. The van der Waals surface area contributed by atoms with E-state index in [0.717, 1.165) is 18.7 Å². The molecule has 0 radical (unpaired) electrons. The van der Waals surface area contributed by atoms with E-state index in [4.69, 9.17) is 10.5 Å². The van der Waals surface area contributed by atoms with E-state index in [1.807, 2.05) is 11.9 Å². The van der Waals surface area contributed by atoms with Crippen molar-refractivity contribution in [2.24, 2.45) is 0 Å². The second-order valence-electron chi connectivity index (χ2n) is 6.12. The molecule has 0 bridgehead atoms. The summed E-state index contributed by atoms with van der Waals surface area (Å²) in [6.07, 6.45) is 0.369. The van der Waals surface area contributed by atoms with Crippen molar-refractivity contribution in [2.75, 3.05) is 29.5 Å². The zero-order valence-corrected chi connectivity index (χ0v) is 13.9. The molecule has 0 spiro atoms. The van der Waals surface area contributed by atoms with Gasteiger partial charge in [0.25, 0.3) is 0 Å². The fourth-order valence-electron chi connectivity index (χ4n) is 1.99. The summed E-state index contributed by atoms with van der Waals surface area (Å²) in [5.41, 5.74) is 7.29. The Morgan fingerprint density at radius 2 is 2.09 bits per heavy atom. The number of ether oxygens (including phenoxy) is 1. The van der Waals surface area contributed by atoms with Crippen LogP contribution < -0.4 is 16.0 Å². The van der Waals surface area contributed by atoms with Gasteiger partial charge in [0.15, 0.2) is 0 Å². The molecule has 0 heterocycles. The summed E-state index contributed by atoms with van der Waals surface area (Å²) in [4.78, 5) is 13.8. The van der Waals surface area contributed by atoms with Crippen LogP contribution in [0.1, 0.15) is 39.7 Å². The summed E-state index contributed by atoms with van der Waals surface area (Å²) >= 11 is 0. The molecular formula is C16H24N4O2. The van der Waals surface area contributed by atoms with Gasteiger partial charge >= 0.3 is 6.09 Å². The van der Waals surface area contributed by atoms with Crippen LogP contribution in [0.15, 0.2) is 12.1 Å². The van der Waals surface area contributed by atoms with Gasteiger partial charge in [0.1, 0.15) is 11.7 Å². The number of benzene rings is 1. The minimum Gasteiger partial charge on any atom is -0.444 e. The molecule has 3 N–H and O–H groups in total. The van der Waals surface area contributed by atoms with Gasteiger partial charge in [0.2, 0.25) is 0 Å². The highest BCUT2D eigenvalue weighted by Crippen LogP contribution is 2.30. The third-order valence-corrected chi connectivity index (χ3v) is 2.89. The maximum absolute atomic E-state index is 11.9. The third-order valence-electron chi connectivity index (χ3n) is 2.89. The Kier molecular flexibility index (Phi) is 5.63. The molecule has 6 nitrogen and oxygen atoms in total. The Labute approximate surface area is 131 Å². The zero-order chi connectivity index (χ0) is 16.9. The van der Waals surface area contributed by atoms with Crippen LogP contribution >= 0.6 is 0 Å². The van der Waals surface area contributed by atoms with Crippen LogP contribution in [0.25, 0.3) is 0 Å². The molecule has 1 aromatic rings. The molecule has 0 aliphatic rings. The first kappa shape index (κ1) is 17.6. The number of nitrogen functional groups attached to an aromatic ring is 1. The van der Waals surface area contributed by atoms with Crippen LogP contribution in [-0.2, 0) is 4.74 Å². The van der Waals surface area contributed by atoms with E-state index in [2.05, 4.69) is 18.3 Å². The van der Waals surface area contributed by atoms with E-state index in [1.165, 1.54) is 0 Å². The van der Waals surface area contributed by atoms with E-state index in [9.17, 15) is 10.1 Å². The summed E-state index contributed by atoms with van der Waals surface area (Å²) < 4.78 is 5.22. The van der Waals surface area contributed by atoms with Crippen LogP contribution in [0, 0.1) is 11.3 Å².